The molecule has 0 aliphatic carbocycles. The minimum atomic E-state index is 0.638. The predicted octanol–water partition coefficient (Wildman–Crippen LogP) is 5.29. The topological polar surface area (TPSA) is 101 Å². The summed E-state index contributed by atoms with van der Waals surface area (Å²) < 4.78 is 0. The molecule has 0 heterocycles. The van der Waals surface area contributed by atoms with Crippen molar-refractivity contribution >= 4 is 11.4 Å². The Morgan fingerprint density at radius 1 is 0.750 bits per heavy atom. The maximum atomic E-state index is 8.39. The van der Waals surface area contributed by atoms with Gasteiger partial charge in [0.1, 0.15) is 0 Å². The van der Waals surface area contributed by atoms with E-state index < -0.39 is 0 Å². The number of benzene rings is 2. The van der Waals surface area contributed by atoms with Crippen LogP contribution in [0, 0.1) is 0 Å². The lowest BCUT2D eigenvalue weighted by atomic mass is 10.1. The van der Waals surface area contributed by atoms with Gasteiger partial charge in [0.05, 0.1) is 0 Å². The first-order valence-corrected chi connectivity index (χ1v) is 7.68. The van der Waals surface area contributed by atoms with Crippen molar-refractivity contribution in [3.8, 4) is 0 Å². The predicted molar refractivity (Wildman–Crippen MR) is 95.4 cm³/mol. The summed E-state index contributed by atoms with van der Waals surface area (Å²) in [5.41, 5.74) is 20.5. The average Bonchev–Trinajstić information content (AvgIpc) is 2.61. The van der Waals surface area contributed by atoms with E-state index in [1.807, 2.05) is 48.5 Å². The van der Waals surface area contributed by atoms with E-state index in [0.717, 1.165) is 25.9 Å². The third-order valence-electron chi connectivity index (χ3n) is 3.76. The molecule has 2 aromatic rings. The van der Waals surface area contributed by atoms with E-state index in [4.69, 9.17) is 11.1 Å². The van der Waals surface area contributed by atoms with Crippen LogP contribution in [0.4, 0.5) is 11.4 Å². The highest BCUT2D eigenvalue weighted by atomic mass is 15.1. The Morgan fingerprint density at radius 3 is 1.46 bits per heavy atom. The maximum Gasteiger partial charge on any atom is 0.0375 e. The van der Waals surface area contributed by atoms with E-state index in [1.54, 1.807) is 0 Å². The Balaban J connectivity index is 1.77. The van der Waals surface area contributed by atoms with Gasteiger partial charge in [-0.05, 0) is 42.1 Å². The summed E-state index contributed by atoms with van der Waals surface area (Å²) in [4.78, 5) is 7.82. The van der Waals surface area contributed by atoms with Crippen LogP contribution in [0.1, 0.15) is 11.1 Å². The fraction of sp³-hybridized carbons (Fsp3) is 0.294. The fourth-order valence-corrected chi connectivity index (χ4v) is 2.31. The molecule has 0 radical (unpaired) electrons. The highest BCUT2D eigenvalue weighted by molar-refractivity contribution is 5.39. The van der Waals surface area contributed by atoms with E-state index >= 15 is 0 Å². The number of hydrogen-bond donors (Lipinski definition) is 0. The molecule has 0 aromatic heterocycles. The van der Waals surface area contributed by atoms with Gasteiger partial charge in [-0.1, -0.05) is 58.8 Å². The van der Waals surface area contributed by atoms with Crippen LogP contribution >= 0.6 is 0 Å². The Hall–Kier alpha value is -2.98. The Morgan fingerprint density at radius 2 is 1.12 bits per heavy atom. The summed E-state index contributed by atoms with van der Waals surface area (Å²) in [5.74, 6) is 0. The normalized spacial score (nSPS) is 10.1. The van der Waals surface area contributed by atoms with E-state index in [1.165, 1.54) is 11.1 Å². The highest BCUT2D eigenvalue weighted by Crippen LogP contribution is 2.15. The van der Waals surface area contributed by atoms with E-state index in [2.05, 4.69) is 32.0 Å². The molecule has 7 heteroatoms. The Bertz CT molecular complexity index is 674. The molecule has 0 saturated carbocycles. The van der Waals surface area contributed by atoms with E-state index in [0.29, 0.717) is 11.4 Å². The first-order chi connectivity index (χ1) is 11.7. The summed E-state index contributed by atoms with van der Waals surface area (Å²) in [6, 6.07) is 15.3. The molecule has 0 fully saturated rings. The molecule has 0 saturated heterocycles. The number of rotatable bonds is 8. The largest absolute Gasteiger partial charge is 0.306 e. The first kappa shape index (κ1) is 17.4. The summed E-state index contributed by atoms with van der Waals surface area (Å²) in [7, 11) is 2.10. The molecule has 0 spiro atoms. The third kappa shape index (κ3) is 5.66. The number of nitrogens with zero attached hydrogens (tertiary/aromatic N) is 7. The van der Waals surface area contributed by atoms with Crippen LogP contribution in [0.25, 0.3) is 20.9 Å². The van der Waals surface area contributed by atoms with Crippen molar-refractivity contribution in [3.63, 3.8) is 0 Å². The van der Waals surface area contributed by atoms with E-state index in [9.17, 15) is 0 Å². The van der Waals surface area contributed by atoms with Gasteiger partial charge in [0.15, 0.2) is 0 Å². The Labute approximate surface area is 140 Å². The molecule has 0 amide bonds. The van der Waals surface area contributed by atoms with Gasteiger partial charge < -0.3 is 4.90 Å². The first-order valence-electron chi connectivity index (χ1n) is 7.68. The summed E-state index contributed by atoms with van der Waals surface area (Å²) >= 11 is 0. The van der Waals surface area contributed by atoms with Gasteiger partial charge in [-0.15, -0.1) is 0 Å². The molecule has 7 nitrogen and oxygen atoms in total. The van der Waals surface area contributed by atoms with Gasteiger partial charge in [0, 0.05) is 34.3 Å². The molecule has 2 aromatic carbocycles. The SMILES string of the molecule is CN(CCc1ccc(N=[N+]=[N-])cc1)CCc1ccc(N=[N+]=[N-])cc1. The molecule has 0 atom stereocenters. The van der Waals surface area contributed by atoms with Gasteiger partial charge in [-0.2, -0.15) is 0 Å². The monoisotopic (exact) mass is 321 g/mol. The van der Waals surface area contributed by atoms with Gasteiger partial charge in [0.2, 0.25) is 0 Å². The molecular formula is C17H19N7. The molecule has 122 valence electrons. The molecular weight excluding hydrogens is 302 g/mol. The van der Waals surface area contributed by atoms with Crippen molar-refractivity contribution < 1.29 is 0 Å². The summed E-state index contributed by atoms with van der Waals surface area (Å²) in [5, 5.41) is 7.13. The summed E-state index contributed by atoms with van der Waals surface area (Å²) in [6.45, 7) is 1.91. The van der Waals surface area contributed by atoms with Crippen LogP contribution in [-0.4, -0.2) is 25.0 Å². The van der Waals surface area contributed by atoms with Crippen molar-refractivity contribution in [1.29, 1.82) is 0 Å². The molecule has 2 rings (SSSR count). The zero-order chi connectivity index (χ0) is 17.2. The van der Waals surface area contributed by atoms with Crippen molar-refractivity contribution in [3.05, 3.63) is 80.5 Å². The van der Waals surface area contributed by atoms with Crippen molar-refractivity contribution in [2.75, 3.05) is 20.1 Å². The lowest BCUT2D eigenvalue weighted by Crippen LogP contribution is -2.23. The molecule has 0 aliphatic heterocycles. The van der Waals surface area contributed by atoms with Crippen molar-refractivity contribution in [2.24, 2.45) is 10.2 Å². The third-order valence-corrected chi connectivity index (χ3v) is 3.76. The van der Waals surface area contributed by atoms with Crippen LogP contribution in [-0.2, 0) is 12.8 Å². The molecule has 0 unspecified atom stereocenters. The quantitative estimate of drug-likeness (QED) is 0.368. The second kappa shape index (κ2) is 9.22. The molecule has 0 N–H and O–H groups in total. The van der Waals surface area contributed by atoms with Gasteiger partial charge >= 0.3 is 0 Å². The minimum absolute atomic E-state index is 0.638. The average molecular weight is 321 g/mol. The number of hydrogen-bond acceptors (Lipinski definition) is 3. The Kier molecular flexibility index (Phi) is 6.68. The van der Waals surface area contributed by atoms with Crippen molar-refractivity contribution in [1.82, 2.24) is 4.90 Å². The molecule has 0 aliphatic rings. The van der Waals surface area contributed by atoms with Crippen molar-refractivity contribution in [2.45, 2.75) is 12.8 Å². The zero-order valence-corrected chi connectivity index (χ0v) is 13.6. The van der Waals surface area contributed by atoms with Crippen LogP contribution in [0.3, 0.4) is 0 Å². The van der Waals surface area contributed by atoms with Gasteiger partial charge in [0.25, 0.3) is 0 Å². The fourth-order valence-electron chi connectivity index (χ4n) is 2.31. The van der Waals surface area contributed by atoms with E-state index in [-0.39, 0.29) is 0 Å². The maximum absolute atomic E-state index is 8.39. The highest BCUT2D eigenvalue weighted by Gasteiger charge is 2.01. The molecule has 24 heavy (non-hydrogen) atoms. The van der Waals surface area contributed by atoms with Crippen LogP contribution in [0.2, 0.25) is 0 Å². The lowest BCUT2D eigenvalue weighted by molar-refractivity contribution is 0.343. The number of likely N-dealkylation sites (N-methyl/N-ethyl adjacent to an activating group) is 1. The lowest BCUT2D eigenvalue weighted by Gasteiger charge is -2.16. The molecule has 0 bridgehead atoms. The van der Waals surface area contributed by atoms with Crippen LogP contribution < -0.4 is 0 Å². The standard InChI is InChI=1S/C17H19N7/c1-24(12-10-14-2-6-16(7-3-14)20-22-18)13-11-15-4-8-17(9-5-15)21-23-19/h2-9H,10-13H2,1H3. The number of azide groups is 2. The van der Waals surface area contributed by atoms with Gasteiger partial charge in [-0.3, -0.25) is 0 Å². The smallest absolute Gasteiger partial charge is 0.0375 e. The minimum Gasteiger partial charge on any atom is -0.306 e. The van der Waals surface area contributed by atoms with Gasteiger partial charge in [-0.25, -0.2) is 0 Å². The van der Waals surface area contributed by atoms with Crippen LogP contribution in [0.5, 0.6) is 0 Å². The van der Waals surface area contributed by atoms with Crippen LogP contribution in [0.15, 0.2) is 58.8 Å². The summed E-state index contributed by atoms with van der Waals surface area (Å²) in [6.07, 6.45) is 1.89. The second-order valence-corrected chi connectivity index (χ2v) is 5.52. The zero-order valence-electron chi connectivity index (χ0n) is 13.6. The second-order valence-electron chi connectivity index (χ2n) is 5.52.